The minimum Gasteiger partial charge on any atom is -0.332 e. The van der Waals surface area contributed by atoms with Crippen molar-refractivity contribution < 1.29 is 4.79 Å². The summed E-state index contributed by atoms with van der Waals surface area (Å²) in [6, 6.07) is 7.65. The van der Waals surface area contributed by atoms with Gasteiger partial charge in [0.1, 0.15) is 0 Å². The largest absolute Gasteiger partial charge is 0.332 e. The quantitative estimate of drug-likeness (QED) is 0.821. The topological polar surface area (TPSA) is 41.1 Å². The van der Waals surface area contributed by atoms with E-state index in [-0.39, 0.29) is 5.91 Å². The maximum absolute atomic E-state index is 11.8. The molecule has 1 fully saturated rings. The van der Waals surface area contributed by atoms with Gasteiger partial charge in [-0.1, -0.05) is 28.8 Å². The molecule has 0 heterocycles. The van der Waals surface area contributed by atoms with Crippen molar-refractivity contribution in [3.63, 3.8) is 0 Å². The second kappa shape index (κ2) is 7.01. The van der Waals surface area contributed by atoms with E-state index in [2.05, 4.69) is 26.6 Å². The van der Waals surface area contributed by atoms with Crippen molar-refractivity contribution in [2.45, 2.75) is 32.1 Å². The van der Waals surface area contributed by atoms with E-state index in [0.29, 0.717) is 17.5 Å². The third-order valence-electron chi connectivity index (χ3n) is 3.30. The highest BCUT2D eigenvalue weighted by atomic mass is 79.9. The fourth-order valence-corrected chi connectivity index (χ4v) is 2.85. The van der Waals surface area contributed by atoms with Crippen LogP contribution in [0.5, 0.6) is 0 Å². The van der Waals surface area contributed by atoms with Gasteiger partial charge in [-0.2, -0.15) is 0 Å². The van der Waals surface area contributed by atoms with E-state index in [0.717, 1.165) is 10.2 Å². The van der Waals surface area contributed by atoms with Crippen molar-refractivity contribution in [3.05, 3.63) is 28.7 Å². The van der Waals surface area contributed by atoms with E-state index in [1.807, 2.05) is 24.3 Å². The van der Waals surface area contributed by atoms with Gasteiger partial charge in [0.15, 0.2) is 5.11 Å². The van der Waals surface area contributed by atoms with Crippen LogP contribution in [0.1, 0.15) is 32.1 Å². The Hall–Kier alpha value is -0.940. The molecule has 1 aromatic rings. The predicted octanol–water partition coefficient (Wildman–Crippen LogP) is 3.84. The number of halogens is 1. The molecule has 1 aromatic carbocycles. The molecule has 1 saturated carbocycles. The van der Waals surface area contributed by atoms with Gasteiger partial charge in [0.05, 0.1) is 0 Å². The Kier molecular flexibility index (Phi) is 5.34. The van der Waals surface area contributed by atoms with E-state index < -0.39 is 0 Å². The lowest BCUT2D eigenvalue weighted by molar-refractivity contribution is -0.120. The SMILES string of the molecule is O=C(CC1CCCC1)NC(=S)Nc1ccc(Br)cc1. The van der Waals surface area contributed by atoms with Gasteiger partial charge in [0.2, 0.25) is 5.91 Å². The summed E-state index contributed by atoms with van der Waals surface area (Å²) >= 11 is 8.50. The average Bonchev–Trinajstić information content (AvgIpc) is 2.84. The number of rotatable bonds is 3. The summed E-state index contributed by atoms with van der Waals surface area (Å²) in [4.78, 5) is 11.8. The average molecular weight is 341 g/mol. The molecule has 0 atom stereocenters. The number of carbonyl (C=O) groups excluding carboxylic acids is 1. The van der Waals surface area contributed by atoms with E-state index in [1.54, 1.807) is 0 Å². The number of benzene rings is 1. The molecule has 0 aliphatic heterocycles. The van der Waals surface area contributed by atoms with Crippen molar-refractivity contribution in [1.29, 1.82) is 0 Å². The minimum atomic E-state index is 0.0153. The van der Waals surface area contributed by atoms with E-state index in [1.165, 1.54) is 25.7 Å². The van der Waals surface area contributed by atoms with E-state index >= 15 is 0 Å². The van der Waals surface area contributed by atoms with Gasteiger partial charge in [-0.25, -0.2) is 0 Å². The lowest BCUT2D eigenvalue weighted by Crippen LogP contribution is -2.34. The van der Waals surface area contributed by atoms with Crippen LogP contribution in [0.25, 0.3) is 0 Å². The molecule has 0 radical (unpaired) electrons. The van der Waals surface area contributed by atoms with Crippen LogP contribution in [0, 0.1) is 5.92 Å². The number of amides is 1. The first-order valence-electron chi connectivity index (χ1n) is 6.50. The molecule has 5 heteroatoms. The van der Waals surface area contributed by atoms with Crippen molar-refractivity contribution in [1.82, 2.24) is 5.32 Å². The number of hydrogen-bond donors (Lipinski definition) is 2. The molecule has 0 aromatic heterocycles. The van der Waals surface area contributed by atoms with Crippen LogP contribution >= 0.6 is 28.1 Å². The molecule has 1 aliphatic carbocycles. The van der Waals surface area contributed by atoms with Gasteiger partial charge in [0, 0.05) is 16.6 Å². The zero-order chi connectivity index (χ0) is 13.7. The van der Waals surface area contributed by atoms with Gasteiger partial charge in [-0.05, 0) is 55.2 Å². The number of thiocarbonyl (C=S) groups is 1. The van der Waals surface area contributed by atoms with Crippen LogP contribution in [-0.2, 0) is 4.79 Å². The fourth-order valence-electron chi connectivity index (χ4n) is 2.35. The van der Waals surface area contributed by atoms with Gasteiger partial charge in [-0.15, -0.1) is 0 Å². The summed E-state index contributed by atoms with van der Waals surface area (Å²) in [6.07, 6.45) is 5.42. The monoisotopic (exact) mass is 340 g/mol. The zero-order valence-electron chi connectivity index (χ0n) is 10.6. The Balaban J connectivity index is 1.77. The van der Waals surface area contributed by atoms with E-state index in [4.69, 9.17) is 12.2 Å². The summed E-state index contributed by atoms with van der Waals surface area (Å²) in [5, 5.41) is 6.11. The number of nitrogens with one attached hydrogen (secondary N) is 2. The smallest absolute Gasteiger partial charge is 0.226 e. The van der Waals surface area contributed by atoms with Crippen molar-refractivity contribution in [2.24, 2.45) is 5.92 Å². The Morgan fingerprint density at radius 3 is 2.53 bits per heavy atom. The fraction of sp³-hybridized carbons (Fsp3) is 0.429. The van der Waals surface area contributed by atoms with Crippen LogP contribution in [0.4, 0.5) is 5.69 Å². The highest BCUT2D eigenvalue weighted by Gasteiger charge is 2.18. The molecule has 19 heavy (non-hydrogen) atoms. The summed E-state index contributed by atoms with van der Waals surface area (Å²) in [5.41, 5.74) is 0.870. The molecule has 1 amide bonds. The molecule has 0 saturated heterocycles. The lowest BCUT2D eigenvalue weighted by Gasteiger charge is -2.12. The summed E-state index contributed by atoms with van der Waals surface area (Å²) in [7, 11) is 0. The van der Waals surface area contributed by atoms with Crippen molar-refractivity contribution in [3.8, 4) is 0 Å². The molecule has 2 N–H and O–H groups in total. The third-order valence-corrected chi connectivity index (χ3v) is 4.04. The van der Waals surface area contributed by atoms with Crippen LogP contribution in [0.3, 0.4) is 0 Å². The summed E-state index contributed by atoms with van der Waals surface area (Å²) in [6.45, 7) is 0. The standard InChI is InChI=1S/C14H17BrN2OS/c15-11-5-7-12(8-6-11)16-14(19)17-13(18)9-10-3-1-2-4-10/h5-8,10H,1-4,9H2,(H2,16,17,18,19). The highest BCUT2D eigenvalue weighted by Crippen LogP contribution is 2.27. The predicted molar refractivity (Wildman–Crippen MR) is 85.1 cm³/mol. The van der Waals surface area contributed by atoms with Crippen LogP contribution < -0.4 is 10.6 Å². The first-order chi connectivity index (χ1) is 9.13. The normalized spacial score (nSPS) is 15.2. The second-order valence-corrected chi connectivity index (χ2v) is 6.19. The first kappa shape index (κ1) is 14.5. The Bertz CT molecular complexity index is 455. The van der Waals surface area contributed by atoms with Crippen LogP contribution in [0.2, 0.25) is 0 Å². The Labute approximate surface area is 127 Å². The minimum absolute atomic E-state index is 0.0153. The van der Waals surface area contributed by atoms with Gasteiger partial charge in [0.25, 0.3) is 0 Å². The maximum atomic E-state index is 11.8. The molecule has 102 valence electrons. The first-order valence-corrected chi connectivity index (χ1v) is 7.70. The van der Waals surface area contributed by atoms with Crippen LogP contribution in [0.15, 0.2) is 28.7 Å². The molecule has 0 spiro atoms. The van der Waals surface area contributed by atoms with Gasteiger partial charge < -0.3 is 10.6 Å². The second-order valence-electron chi connectivity index (χ2n) is 4.86. The molecule has 1 aliphatic rings. The molecule has 0 bridgehead atoms. The molecule has 3 nitrogen and oxygen atoms in total. The van der Waals surface area contributed by atoms with Crippen LogP contribution in [-0.4, -0.2) is 11.0 Å². The lowest BCUT2D eigenvalue weighted by atomic mass is 10.0. The Morgan fingerprint density at radius 1 is 1.26 bits per heavy atom. The molecule has 0 unspecified atom stereocenters. The number of anilines is 1. The number of carbonyl (C=O) groups is 1. The van der Waals surface area contributed by atoms with E-state index in [9.17, 15) is 4.79 Å². The highest BCUT2D eigenvalue weighted by molar-refractivity contribution is 9.10. The van der Waals surface area contributed by atoms with Crippen molar-refractivity contribution >= 4 is 44.9 Å². The summed E-state index contributed by atoms with van der Waals surface area (Å²) in [5.74, 6) is 0.553. The maximum Gasteiger partial charge on any atom is 0.226 e. The Morgan fingerprint density at radius 2 is 1.89 bits per heavy atom. The third kappa shape index (κ3) is 4.91. The molecular formula is C14H17BrN2OS. The number of hydrogen-bond acceptors (Lipinski definition) is 2. The molecule has 2 rings (SSSR count). The summed E-state index contributed by atoms with van der Waals surface area (Å²) < 4.78 is 1.01. The molecular weight excluding hydrogens is 324 g/mol. The van der Waals surface area contributed by atoms with Gasteiger partial charge >= 0.3 is 0 Å². The zero-order valence-corrected chi connectivity index (χ0v) is 13.0. The van der Waals surface area contributed by atoms with Crippen molar-refractivity contribution in [2.75, 3.05) is 5.32 Å². The van der Waals surface area contributed by atoms with Gasteiger partial charge in [-0.3, -0.25) is 4.79 Å².